The molecule has 20 heavy (non-hydrogen) atoms. The van der Waals surface area contributed by atoms with Crippen LogP contribution in [-0.2, 0) is 21.7 Å². The molecular weight excluding hydrogens is 322 g/mol. The molecular formula is C14H24BrN3O2. The summed E-state index contributed by atoms with van der Waals surface area (Å²) >= 11 is 3.52. The van der Waals surface area contributed by atoms with E-state index in [1.54, 1.807) is 7.11 Å². The van der Waals surface area contributed by atoms with Gasteiger partial charge in [0.2, 0.25) is 0 Å². The number of hydrogen-bond donors (Lipinski definition) is 1. The highest BCUT2D eigenvalue weighted by atomic mass is 79.9. The summed E-state index contributed by atoms with van der Waals surface area (Å²) in [6.45, 7) is 7.25. The lowest BCUT2D eigenvalue weighted by Crippen LogP contribution is -2.31. The molecule has 1 N–H and O–H groups in total. The molecule has 1 rings (SSSR count). The smallest absolute Gasteiger partial charge is 0.163 e. The van der Waals surface area contributed by atoms with Gasteiger partial charge in [-0.15, -0.1) is 0 Å². The molecule has 0 aliphatic rings. The van der Waals surface area contributed by atoms with Gasteiger partial charge < -0.3 is 14.8 Å². The monoisotopic (exact) mass is 345 g/mol. The predicted octanol–water partition coefficient (Wildman–Crippen LogP) is 3.48. The first-order valence-electron chi connectivity index (χ1n) is 6.96. The van der Waals surface area contributed by atoms with Crippen LogP contribution in [0.5, 0.6) is 0 Å². The van der Waals surface area contributed by atoms with Crippen molar-refractivity contribution in [2.75, 3.05) is 26.1 Å². The Balaban J connectivity index is 3.38. The first kappa shape index (κ1) is 17.3. The average Bonchev–Trinajstić information content (AvgIpc) is 2.47. The Morgan fingerprint density at radius 1 is 1.20 bits per heavy atom. The van der Waals surface area contributed by atoms with Crippen LogP contribution in [0.25, 0.3) is 0 Å². The number of nitrogens with one attached hydrogen (secondary N) is 1. The van der Waals surface area contributed by atoms with Crippen molar-refractivity contribution in [2.24, 2.45) is 0 Å². The molecule has 0 radical (unpaired) electrons. The maximum atomic E-state index is 5.98. The number of methoxy groups -OCH3 is 1. The second-order valence-electron chi connectivity index (χ2n) is 4.47. The molecule has 0 aromatic carbocycles. The van der Waals surface area contributed by atoms with Crippen LogP contribution < -0.4 is 5.32 Å². The van der Waals surface area contributed by atoms with Gasteiger partial charge in [0.1, 0.15) is 11.4 Å². The van der Waals surface area contributed by atoms with E-state index in [4.69, 9.17) is 9.47 Å². The van der Waals surface area contributed by atoms with Gasteiger partial charge in [0.05, 0.1) is 16.8 Å². The van der Waals surface area contributed by atoms with Crippen molar-refractivity contribution in [1.82, 2.24) is 9.97 Å². The van der Waals surface area contributed by atoms with Gasteiger partial charge in [0.25, 0.3) is 0 Å². The number of anilines is 1. The predicted molar refractivity (Wildman–Crippen MR) is 83.9 cm³/mol. The fourth-order valence-electron chi connectivity index (χ4n) is 2.21. The van der Waals surface area contributed by atoms with E-state index in [-0.39, 0.29) is 0 Å². The number of nitrogens with zero attached hydrogens (tertiary/aromatic N) is 2. The highest BCUT2D eigenvalue weighted by Crippen LogP contribution is 2.34. The van der Waals surface area contributed by atoms with Gasteiger partial charge in [-0.1, -0.05) is 13.8 Å². The van der Waals surface area contributed by atoms with Gasteiger partial charge in [0.15, 0.2) is 5.82 Å². The molecule has 5 nitrogen and oxygen atoms in total. The second-order valence-corrected chi connectivity index (χ2v) is 5.27. The normalized spacial score (nSPS) is 11.7. The van der Waals surface area contributed by atoms with E-state index in [1.165, 1.54) is 0 Å². The van der Waals surface area contributed by atoms with Gasteiger partial charge in [-0.25, -0.2) is 9.97 Å². The lowest BCUT2D eigenvalue weighted by Gasteiger charge is -2.30. The minimum Gasteiger partial charge on any atom is -0.378 e. The van der Waals surface area contributed by atoms with Crippen molar-refractivity contribution in [3.05, 3.63) is 16.0 Å². The van der Waals surface area contributed by atoms with Crippen LogP contribution in [-0.4, -0.2) is 30.7 Å². The summed E-state index contributed by atoms with van der Waals surface area (Å²) in [6.07, 6.45) is 1.66. The summed E-state index contributed by atoms with van der Waals surface area (Å²) in [5.74, 6) is 1.47. The summed E-state index contributed by atoms with van der Waals surface area (Å²) in [5.41, 5.74) is 0.386. The Bertz CT molecular complexity index is 437. The number of ether oxygens (including phenoxy) is 2. The standard InChI is InChI=1S/C14H24BrN3O2/c1-6-14(7-2,20-8-3)13-17-10(9-19-5)11(15)12(16-4)18-13/h6-9H2,1-5H3,(H,16,17,18). The van der Waals surface area contributed by atoms with Gasteiger partial charge >= 0.3 is 0 Å². The van der Waals surface area contributed by atoms with E-state index in [2.05, 4.69) is 45.1 Å². The minimum absolute atomic E-state index is 0.431. The Kier molecular flexibility index (Phi) is 6.85. The molecule has 0 aliphatic carbocycles. The molecule has 1 aromatic heterocycles. The van der Waals surface area contributed by atoms with Crippen molar-refractivity contribution in [3.8, 4) is 0 Å². The van der Waals surface area contributed by atoms with E-state index in [1.807, 2.05) is 14.0 Å². The van der Waals surface area contributed by atoms with Gasteiger partial charge in [-0.3, -0.25) is 0 Å². The van der Waals surface area contributed by atoms with Crippen LogP contribution in [0.15, 0.2) is 4.47 Å². The number of rotatable bonds is 8. The molecule has 0 spiro atoms. The average molecular weight is 346 g/mol. The molecule has 1 aromatic rings. The van der Waals surface area contributed by atoms with Crippen molar-refractivity contribution < 1.29 is 9.47 Å². The lowest BCUT2D eigenvalue weighted by molar-refractivity contribution is -0.0573. The van der Waals surface area contributed by atoms with E-state index in [9.17, 15) is 0 Å². The summed E-state index contributed by atoms with van der Waals surface area (Å²) in [7, 11) is 3.50. The second kappa shape index (κ2) is 7.90. The number of hydrogen-bond acceptors (Lipinski definition) is 5. The molecule has 0 aliphatic heterocycles. The highest BCUT2D eigenvalue weighted by molar-refractivity contribution is 9.10. The third-order valence-electron chi connectivity index (χ3n) is 3.41. The fourth-order valence-corrected chi connectivity index (χ4v) is 2.70. The molecule has 1 heterocycles. The van der Waals surface area contributed by atoms with Gasteiger partial charge in [0, 0.05) is 20.8 Å². The number of halogens is 1. The molecule has 0 unspecified atom stereocenters. The molecule has 0 bridgehead atoms. The van der Waals surface area contributed by atoms with Crippen molar-refractivity contribution in [1.29, 1.82) is 0 Å². The molecule has 0 saturated heterocycles. The zero-order valence-electron chi connectivity index (χ0n) is 12.9. The SMILES string of the molecule is CCOC(CC)(CC)c1nc(COC)c(Br)c(NC)n1. The van der Waals surface area contributed by atoms with E-state index >= 15 is 0 Å². The maximum absolute atomic E-state index is 5.98. The first-order chi connectivity index (χ1) is 9.58. The summed E-state index contributed by atoms with van der Waals surface area (Å²) in [4.78, 5) is 9.27. The molecule has 114 valence electrons. The quantitative estimate of drug-likeness (QED) is 0.781. The number of aromatic nitrogens is 2. The Morgan fingerprint density at radius 2 is 1.85 bits per heavy atom. The third kappa shape index (κ3) is 3.48. The van der Waals surface area contributed by atoms with E-state index in [0.29, 0.717) is 19.0 Å². The Labute approximate surface area is 129 Å². The van der Waals surface area contributed by atoms with Crippen LogP contribution in [0.2, 0.25) is 0 Å². The maximum Gasteiger partial charge on any atom is 0.163 e. The molecule has 0 fully saturated rings. The topological polar surface area (TPSA) is 56.3 Å². The molecule has 0 amide bonds. The van der Waals surface area contributed by atoms with Crippen LogP contribution >= 0.6 is 15.9 Å². The first-order valence-corrected chi connectivity index (χ1v) is 7.75. The van der Waals surface area contributed by atoms with Gasteiger partial charge in [-0.05, 0) is 35.7 Å². The minimum atomic E-state index is -0.441. The molecule has 0 atom stereocenters. The van der Waals surface area contributed by atoms with E-state index < -0.39 is 5.60 Å². The zero-order chi connectivity index (χ0) is 15.2. The van der Waals surface area contributed by atoms with Crippen molar-refractivity contribution in [3.63, 3.8) is 0 Å². The lowest BCUT2D eigenvalue weighted by atomic mass is 9.95. The van der Waals surface area contributed by atoms with Crippen LogP contribution in [0.4, 0.5) is 5.82 Å². The van der Waals surface area contributed by atoms with Crippen molar-refractivity contribution in [2.45, 2.75) is 45.8 Å². The van der Waals surface area contributed by atoms with E-state index in [0.717, 1.165) is 28.8 Å². The summed E-state index contributed by atoms with van der Waals surface area (Å²) < 4.78 is 12.0. The third-order valence-corrected chi connectivity index (χ3v) is 4.24. The van der Waals surface area contributed by atoms with Crippen LogP contribution in [0, 0.1) is 0 Å². The largest absolute Gasteiger partial charge is 0.378 e. The Morgan fingerprint density at radius 3 is 2.30 bits per heavy atom. The Hall–Kier alpha value is -0.720. The fraction of sp³-hybridized carbons (Fsp3) is 0.714. The molecule has 0 saturated carbocycles. The highest BCUT2D eigenvalue weighted by Gasteiger charge is 2.33. The van der Waals surface area contributed by atoms with Gasteiger partial charge in [-0.2, -0.15) is 0 Å². The van der Waals surface area contributed by atoms with Crippen LogP contribution in [0.3, 0.4) is 0 Å². The summed E-state index contributed by atoms with van der Waals surface area (Å²) in [6, 6.07) is 0. The molecule has 6 heteroatoms. The zero-order valence-corrected chi connectivity index (χ0v) is 14.5. The summed E-state index contributed by atoms with van der Waals surface area (Å²) in [5, 5.41) is 3.09. The van der Waals surface area contributed by atoms with Crippen LogP contribution in [0.1, 0.15) is 45.1 Å². The van der Waals surface area contributed by atoms with Crippen molar-refractivity contribution >= 4 is 21.7 Å².